The van der Waals surface area contributed by atoms with Crippen LogP contribution in [-0.2, 0) is 14.8 Å². The molecule has 1 saturated heterocycles. The molecule has 0 spiro atoms. The maximum atomic E-state index is 13.9. The van der Waals surface area contributed by atoms with Gasteiger partial charge in [-0.05, 0) is 73.5 Å². The molecule has 3 aromatic rings. The SMILES string of the molecule is O=C(NCC(=O)N1CCCCCC1)c1ccc(S(=O)(=O)N(Oc2ccc(F)cc2)c2cccc(F)c2)cc1. The minimum atomic E-state index is -4.41. The van der Waals surface area contributed by atoms with Gasteiger partial charge in [-0.15, -0.1) is 0 Å². The first-order valence-corrected chi connectivity index (χ1v) is 13.6. The highest BCUT2D eigenvalue weighted by atomic mass is 32.2. The summed E-state index contributed by atoms with van der Waals surface area (Å²) < 4.78 is 54.7. The third-order valence-corrected chi connectivity index (χ3v) is 7.60. The van der Waals surface area contributed by atoms with E-state index in [1.54, 1.807) is 4.90 Å². The molecule has 1 fully saturated rings. The summed E-state index contributed by atoms with van der Waals surface area (Å²) in [7, 11) is -4.41. The van der Waals surface area contributed by atoms with Crippen LogP contribution in [0.4, 0.5) is 14.5 Å². The molecule has 8 nitrogen and oxygen atoms in total. The number of hydrogen-bond acceptors (Lipinski definition) is 5. The minimum Gasteiger partial charge on any atom is -0.364 e. The van der Waals surface area contributed by atoms with Gasteiger partial charge in [0.25, 0.3) is 15.9 Å². The Morgan fingerprint density at radius 1 is 0.868 bits per heavy atom. The summed E-state index contributed by atoms with van der Waals surface area (Å²) in [4.78, 5) is 32.1. The van der Waals surface area contributed by atoms with Crippen molar-refractivity contribution in [1.29, 1.82) is 0 Å². The molecule has 0 bridgehead atoms. The van der Waals surface area contributed by atoms with E-state index in [0.717, 1.165) is 49.9 Å². The third kappa shape index (κ3) is 6.65. The summed E-state index contributed by atoms with van der Waals surface area (Å²) in [6.07, 6.45) is 4.04. The highest BCUT2D eigenvalue weighted by Gasteiger charge is 2.28. The van der Waals surface area contributed by atoms with E-state index in [4.69, 9.17) is 4.84 Å². The van der Waals surface area contributed by atoms with Gasteiger partial charge in [0.2, 0.25) is 5.91 Å². The highest BCUT2D eigenvalue weighted by Crippen LogP contribution is 2.27. The second-order valence-electron chi connectivity index (χ2n) is 8.76. The Bertz CT molecular complexity index is 1370. The van der Waals surface area contributed by atoms with Crippen LogP contribution in [0.3, 0.4) is 0 Å². The monoisotopic (exact) mass is 543 g/mol. The Morgan fingerprint density at radius 2 is 1.53 bits per heavy atom. The minimum absolute atomic E-state index is 0.00399. The Balaban J connectivity index is 1.50. The van der Waals surface area contributed by atoms with Gasteiger partial charge >= 0.3 is 0 Å². The number of amides is 2. The van der Waals surface area contributed by atoms with Gasteiger partial charge in [0, 0.05) is 24.7 Å². The Morgan fingerprint density at radius 3 is 2.16 bits per heavy atom. The number of nitrogens with one attached hydrogen (secondary N) is 1. The van der Waals surface area contributed by atoms with Crippen molar-refractivity contribution >= 4 is 27.5 Å². The number of rotatable bonds is 8. The van der Waals surface area contributed by atoms with E-state index in [-0.39, 0.29) is 34.3 Å². The molecule has 1 N–H and O–H groups in total. The first-order chi connectivity index (χ1) is 18.2. The smallest absolute Gasteiger partial charge is 0.295 e. The van der Waals surface area contributed by atoms with Crippen molar-refractivity contribution < 1.29 is 31.6 Å². The van der Waals surface area contributed by atoms with Crippen LogP contribution < -0.4 is 14.6 Å². The van der Waals surface area contributed by atoms with E-state index in [1.165, 1.54) is 48.5 Å². The number of hydrogen-bond donors (Lipinski definition) is 1. The molecule has 0 atom stereocenters. The van der Waals surface area contributed by atoms with Crippen molar-refractivity contribution in [2.75, 3.05) is 24.1 Å². The molecular weight excluding hydrogens is 516 g/mol. The molecule has 200 valence electrons. The molecule has 0 saturated carbocycles. The zero-order chi connectivity index (χ0) is 27.1. The van der Waals surface area contributed by atoms with Gasteiger partial charge in [-0.2, -0.15) is 8.42 Å². The molecule has 0 aliphatic carbocycles. The molecule has 1 aliphatic rings. The zero-order valence-electron chi connectivity index (χ0n) is 20.5. The number of anilines is 1. The van der Waals surface area contributed by atoms with E-state index in [2.05, 4.69) is 5.32 Å². The first kappa shape index (κ1) is 27.1. The van der Waals surface area contributed by atoms with Gasteiger partial charge in [-0.25, -0.2) is 8.78 Å². The van der Waals surface area contributed by atoms with Crippen molar-refractivity contribution in [2.24, 2.45) is 0 Å². The maximum absolute atomic E-state index is 13.9. The fraction of sp³-hybridized carbons (Fsp3) is 0.259. The number of halogens is 2. The standard InChI is InChI=1S/C27H27F2N3O5S/c28-21-10-12-24(13-11-21)37-32(23-7-5-6-22(29)18-23)38(35,36)25-14-8-20(9-15-25)27(34)30-19-26(33)31-16-3-1-2-4-17-31/h5-15,18H,1-4,16-17,19H2,(H,30,34). The van der Waals surface area contributed by atoms with E-state index in [0.29, 0.717) is 17.6 Å². The topological polar surface area (TPSA) is 96.0 Å². The summed E-state index contributed by atoms with van der Waals surface area (Å²) >= 11 is 0. The second-order valence-corrected chi connectivity index (χ2v) is 10.5. The lowest BCUT2D eigenvalue weighted by Gasteiger charge is -2.24. The molecule has 38 heavy (non-hydrogen) atoms. The largest absolute Gasteiger partial charge is 0.364 e. The lowest BCUT2D eigenvalue weighted by atomic mass is 10.2. The number of sulfonamides is 1. The molecule has 4 rings (SSSR count). The normalized spacial score (nSPS) is 13.9. The number of benzene rings is 3. The molecule has 0 unspecified atom stereocenters. The molecule has 11 heteroatoms. The Kier molecular flexibility index (Phi) is 8.57. The van der Waals surface area contributed by atoms with E-state index >= 15 is 0 Å². The van der Waals surface area contributed by atoms with Crippen LogP contribution in [0.1, 0.15) is 36.0 Å². The summed E-state index contributed by atoms with van der Waals surface area (Å²) in [6, 6.07) is 14.5. The summed E-state index contributed by atoms with van der Waals surface area (Å²) in [5, 5.41) is 2.58. The van der Waals surface area contributed by atoms with Crippen molar-refractivity contribution in [3.63, 3.8) is 0 Å². The maximum Gasteiger partial charge on any atom is 0.295 e. The van der Waals surface area contributed by atoms with E-state index in [1.807, 2.05) is 0 Å². The molecular formula is C27H27F2N3O5S. The predicted molar refractivity (Wildman–Crippen MR) is 137 cm³/mol. The van der Waals surface area contributed by atoms with Crippen LogP contribution in [0.25, 0.3) is 0 Å². The van der Waals surface area contributed by atoms with Gasteiger partial charge in [-0.1, -0.05) is 23.4 Å². The summed E-state index contributed by atoms with van der Waals surface area (Å²) in [5.74, 6) is -1.92. The van der Waals surface area contributed by atoms with Crippen molar-refractivity contribution in [3.05, 3.63) is 90.0 Å². The Labute approximate surface area is 219 Å². The number of nitrogens with zero attached hydrogens (tertiary/aromatic N) is 2. The third-order valence-electron chi connectivity index (χ3n) is 6.01. The summed E-state index contributed by atoms with van der Waals surface area (Å²) in [5.41, 5.74) is 0.0348. The van der Waals surface area contributed by atoms with Gasteiger partial charge in [0.05, 0.1) is 17.1 Å². The molecule has 0 aromatic heterocycles. The average molecular weight is 544 g/mol. The number of likely N-dealkylation sites (tertiary alicyclic amines) is 1. The molecule has 1 aliphatic heterocycles. The van der Waals surface area contributed by atoms with Crippen LogP contribution in [0.2, 0.25) is 0 Å². The van der Waals surface area contributed by atoms with E-state index in [9.17, 15) is 26.8 Å². The van der Waals surface area contributed by atoms with Crippen LogP contribution in [0.15, 0.2) is 77.7 Å². The summed E-state index contributed by atoms with van der Waals surface area (Å²) in [6.45, 7) is 1.18. The predicted octanol–water partition coefficient (Wildman–Crippen LogP) is 4.29. The van der Waals surface area contributed by atoms with Gasteiger partial charge in [-0.3, -0.25) is 9.59 Å². The van der Waals surface area contributed by atoms with Gasteiger partial charge < -0.3 is 15.1 Å². The van der Waals surface area contributed by atoms with Gasteiger partial charge in [0.1, 0.15) is 11.6 Å². The highest BCUT2D eigenvalue weighted by molar-refractivity contribution is 7.92. The fourth-order valence-corrected chi connectivity index (χ4v) is 5.23. The van der Waals surface area contributed by atoms with Crippen LogP contribution in [-0.4, -0.2) is 44.8 Å². The van der Waals surface area contributed by atoms with Crippen molar-refractivity contribution in [2.45, 2.75) is 30.6 Å². The molecule has 2 amide bonds. The first-order valence-electron chi connectivity index (χ1n) is 12.1. The Hall–Kier alpha value is -3.99. The number of carbonyl (C=O) groups is 2. The molecule has 1 heterocycles. The van der Waals surface area contributed by atoms with Crippen LogP contribution in [0, 0.1) is 11.6 Å². The quantitative estimate of drug-likeness (QED) is 0.428. The molecule has 3 aromatic carbocycles. The fourth-order valence-electron chi connectivity index (χ4n) is 3.99. The second kappa shape index (κ2) is 12.0. The van der Waals surface area contributed by atoms with Crippen LogP contribution in [0.5, 0.6) is 5.75 Å². The van der Waals surface area contributed by atoms with Gasteiger partial charge in [0.15, 0.2) is 5.75 Å². The van der Waals surface area contributed by atoms with E-state index < -0.39 is 27.6 Å². The number of carbonyl (C=O) groups excluding carboxylic acids is 2. The van der Waals surface area contributed by atoms with Crippen molar-refractivity contribution in [1.82, 2.24) is 10.2 Å². The molecule has 0 radical (unpaired) electrons. The zero-order valence-corrected chi connectivity index (χ0v) is 21.3. The van der Waals surface area contributed by atoms with Crippen LogP contribution >= 0.6 is 0 Å². The lowest BCUT2D eigenvalue weighted by Crippen LogP contribution is -2.40. The lowest BCUT2D eigenvalue weighted by molar-refractivity contribution is -0.130. The average Bonchev–Trinajstić information content (AvgIpc) is 3.21. The van der Waals surface area contributed by atoms with Crippen molar-refractivity contribution in [3.8, 4) is 5.75 Å².